The van der Waals surface area contributed by atoms with Crippen LogP contribution in [0.2, 0.25) is 10.3 Å². The summed E-state index contributed by atoms with van der Waals surface area (Å²) in [4.78, 5) is 15.7. The van der Waals surface area contributed by atoms with Crippen molar-refractivity contribution in [3.8, 4) is 0 Å². The Morgan fingerprint density at radius 1 is 1.53 bits per heavy atom. The Kier molecular flexibility index (Phi) is 4.54. The molecule has 1 N–H and O–H groups in total. The number of carbonyl (C=O) groups is 1. The maximum Gasteiger partial charge on any atom is 0.254 e. The highest BCUT2D eigenvalue weighted by Crippen LogP contribution is 2.23. The van der Waals surface area contributed by atoms with E-state index in [2.05, 4.69) is 10.3 Å². The minimum Gasteiger partial charge on any atom is -0.352 e. The van der Waals surface area contributed by atoms with Gasteiger partial charge in [0.25, 0.3) is 5.91 Å². The molecule has 6 heteroatoms. The van der Waals surface area contributed by atoms with Gasteiger partial charge in [0.2, 0.25) is 0 Å². The first-order valence-electron chi connectivity index (χ1n) is 5.35. The van der Waals surface area contributed by atoms with E-state index in [-0.39, 0.29) is 11.1 Å². The number of hydrogen-bond acceptors (Lipinski definition) is 3. The number of hydrogen-bond donors (Lipinski definition) is 1. The summed E-state index contributed by atoms with van der Waals surface area (Å²) in [5.41, 5.74) is 0.377. The molecule has 0 spiro atoms. The van der Waals surface area contributed by atoms with Crippen molar-refractivity contribution in [2.24, 2.45) is 5.92 Å². The fourth-order valence-corrected chi connectivity index (χ4v) is 3.37. The second-order valence-corrected chi connectivity index (χ2v) is 5.81. The second-order valence-electron chi connectivity index (χ2n) is 3.91. The lowest BCUT2D eigenvalue weighted by Gasteiger charge is -2.10. The van der Waals surface area contributed by atoms with Gasteiger partial charge in [-0.1, -0.05) is 23.2 Å². The Morgan fingerprint density at radius 3 is 3.00 bits per heavy atom. The third-order valence-corrected chi connectivity index (χ3v) is 4.36. The van der Waals surface area contributed by atoms with Gasteiger partial charge in [0.15, 0.2) is 0 Å². The summed E-state index contributed by atoms with van der Waals surface area (Å²) >= 11 is 13.5. The molecule has 1 aliphatic heterocycles. The first kappa shape index (κ1) is 13.0. The van der Waals surface area contributed by atoms with Gasteiger partial charge in [0, 0.05) is 6.54 Å². The molecule has 1 aliphatic rings. The van der Waals surface area contributed by atoms with E-state index in [1.165, 1.54) is 5.75 Å². The lowest BCUT2D eigenvalue weighted by atomic mass is 10.1. The van der Waals surface area contributed by atoms with Crippen LogP contribution in [0.25, 0.3) is 0 Å². The summed E-state index contributed by atoms with van der Waals surface area (Å²) in [6.45, 7) is 0.699. The molecule has 0 aromatic carbocycles. The van der Waals surface area contributed by atoms with Gasteiger partial charge in [-0.15, -0.1) is 0 Å². The van der Waals surface area contributed by atoms with Gasteiger partial charge < -0.3 is 5.32 Å². The van der Waals surface area contributed by atoms with Gasteiger partial charge >= 0.3 is 0 Å². The second kappa shape index (κ2) is 5.94. The maximum atomic E-state index is 11.8. The third kappa shape index (κ3) is 3.50. The minimum atomic E-state index is -0.184. The summed E-state index contributed by atoms with van der Waals surface area (Å²) in [6, 6.07) is 3.16. The zero-order valence-corrected chi connectivity index (χ0v) is 11.4. The Labute approximate surface area is 114 Å². The van der Waals surface area contributed by atoms with E-state index >= 15 is 0 Å². The standard InChI is InChI=1S/C11H12Cl2N2OS/c12-9-2-1-8(10(13)15-9)11(16)14-5-7-3-4-17-6-7/h1-2,7H,3-6H2,(H,14,16). The number of halogens is 2. The average molecular weight is 291 g/mol. The molecular formula is C11H12Cl2N2OS. The Bertz CT molecular complexity index is 422. The summed E-state index contributed by atoms with van der Waals surface area (Å²) in [5, 5.41) is 3.32. The summed E-state index contributed by atoms with van der Waals surface area (Å²) in [6.07, 6.45) is 1.16. The molecular weight excluding hydrogens is 279 g/mol. The molecule has 0 radical (unpaired) electrons. The Hall–Kier alpha value is -0.450. The van der Waals surface area contributed by atoms with Crippen LogP contribution >= 0.6 is 35.0 Å². The monoisotopic (exact) mass is 290 g/mol. The van der Waals surface area contributed by atoms with E-state index in [0.29, 0.717) is 23.2 Å². The molecule has 2 rings (SSSR count). The lowest BCUT2D eigenvalue weighted by molar-refractivity contribution is 0.0948. The van der Waals surface area contributed by atoms with E-state index in [0.717, 1.165) is 12.2 Å². The number of aromatic nitrogens is 1. The number of rotatable bonds is 3. The van der Waals surface area contributed by atoms with Gasteiger partial charge in [-0.05, 0) is 36.0 Å². The molecule has 1 aromatic rings. The van der Waals surface area contributed by atoms with Crippen LogP contribution in [0.1, 0.15) is 16.8 Å². The first-order valence-corrected chi connectivity index (χ1v) is 7.26. The van der Waals surface area contributed by atoms with E-state index in [1.54, 1.807) is 12.1 Å². The average Bonchev–Trinajstić information content (AvgIpc) is 2.78. The molecule has 1 fully saturated rings. The largest absolute Gasteiger partial charge is 0.352 e. The number of thioether (sulfide) groups is 1. The van der Waals surface area contributed by atoms with Gasteiger partial charge in [0.05, 0.1) is 5.56 Å². The van der Waals surface area contributed by atoms with Gasteiger partial charge in [-0.3, -0.25) is 4.79 Å². The van der Waals surface area contributed by atoms with Crippen LogP contribution in [0.4, 0.5) is 0 Å². The predicted molar refractivity (Wildman–Crippen MR) is 72.0 cm³/mol. The molecule has 92 valence electrons. The molecule has 2 heterocycles. The molecule has 1 aromatic heterocycles. The molecule has 1 amide bonds. The fraction of sp³-hybridized carbons (Fsp3) is 0.455. The van der Waals surface area contributed by atoms with Crippen LogP contribution in [0, 0.1) is 5.92 Å². The SMILES string of the molecule is O=C(NCC1CCSC1)c1ccc(Cl)nc1Cl. The summed E-state index contributed by atoms with van der Waals surface area (Å²) < 4.78 is 0. The predicted octanol–water partition coefficient (Wildman–Crippen LogP) is 2.87. The molecule has 0 saturated carbocycles. The number of nitrogens with zero attached hydrogens (tertiary/aromatic N) is 1. The molecule has 1 unspecified atom stereocenters. The number of carbonyl (C=O) groups excluding carboxylic acids is 1. The zero-order valence-electron chi connectivity index (χ0n) is 9.08. The third-order valence-electron chi connectivity index (χ3n) is 2.63. The van der Waals surface area contributed by atoms with E-state index < -0.39 is 0 Å². The van der Waals surface area contributed by atoms with Crippen LogP contribution in [0.5, 0.6) is 0 Å². The van der Waals surface area contributed by atoms with Crippen molar-refractivity contribution >= 4 is 40.9 Å². The lowest BCUT2D eigenvalue weighted by Crippen LogP contribution is -2.29. The first-order chi connectivity index (χ1) is 8.16. The smallest absolute Gasteiger partial charge is 0.254 e. The molecule has 3 nitrogen and oxygen atoms in total. The normalized spacial score (nSPS) is 19.3. The minimum absolute atomic E-state index is 0.149. The van der Waals surface area contributed by atoms with Crippen LogP contribution in [-0.2, 0) is 0 Å². The van der Waals surface area contributed by atoms with Crippen molar-refractivity contribution in [3.05, 3.63) is 28.0 Å². The Balaban J connectivity index is 1.94. The maximum absolute atomic E-state index is 11.8. The van der Waals surface area contributed by atoms with Gasteiger partial charge in [0.1, 0.15) is 10.3 Å². The van der Waals surface area contributed by atoms with Crippen LogP contribution in [0.15, 0.2) is 12.1 Å². The van der Waals surface area contributed by atoms with Crippen molar-refractivity contribution in [2.45, 2.75) is 6.42 Å². The van der Waals surface area contributed by atoms with Crippen molar-refractivity contribution < 1.29 is 4.79 Å². The van der Waals surface area contributed by atoms with Crippen LogP contribution < -0.4 is 5.32 Å². The quantitative estimate of drug-likeness (QED) is 0.871. The Morgan fingerprint density at radius 2 is 2.35 bits per heavy atom. The van der Waals surface area contributed by atoms with Gasteiger partial charge in [-0.25, -0.2) is 4.98 Å². The van der Waals surface area contributed by atoms with E-state index in [9.17, 15) is 4.79 Å². The molecule has 0 bridgehead atoms. The molecule has 1 saturated heterocycles. The van der Waals surface area contributed by atoms with Crippen molar-refractivity contribution in [1.29, 1.82) is 0 Å². The van der Waals surface area contributed by atoms with Gasteiger partial charge in [-0.2, -0.15) is 11.8 Å². The van der Waals surface area contributed by atoms with Crippen molar-refractivity contribution in [3.63, 3.8) is 0 Å². The fourth-order valence-electron chi connectivity index (χ4n) is 1.66. The van der Waals surface area contributed by atoms with E-state index in [1.807, 2.05) is 11.8 Å². The number of amides is 1. The van der Waals surface area contributed by atoms with Crippen molar-refractivity contribution in [1.82, 2.24) is 10.3 Å². The topological polar surface area (TPSA) is 42.0 Å². The van der Waals surface area contributed by atoms with E-state index in [4.69, 9.17) is 23.2 Å². The molecule has 1 atom stereocenters. The highest BCUT2D eigenvalue weighted by atomic mass is 35.5. The number of pyridine rings is 1. The summed E-state index contributed by atoms with van der Waals surface area (Å²) in [7, 11) is 0. The number of nitrogens with one attached hydrogen (secondary N) is 1. The highest BCUT2D eigenvalue weighted by Gasteiger charge is 2.18. The highest BCUT2D eigenvalue weighted by molar-refractivity contribution is 7.99. The zero-order chi connectivity index (χ0) is 12.3. The van der Waals surface area contributed by atoms with Crippen molar-refractivity contribution in [2.75, 3.05) is 18.1 Å². The van der Waals surface area contributed by atoms with Crippen LogP contribution in [-0.4, -0.2) is 28.9 Å². The molecule has 0 aliphatic carbocycles. The summed E-state index contributed by atoms with van der Waals surface area (Å²) in [5.74, 6) is 2.69. The van der Waals surface area contributed by atoms with Crippen LogP contribution in [0.3, 0.4) is 0 Å². The molecule has 17 heavy (non-hydrogen) atoms.